The molecule has 2 rings (SSSR count). The Balaban J connectivity index is 1.90. The topological polar surface area (TPSA) is 35.5 Å². The molecule has 1 unspecified atom stereocenters. The van der Waals surface area contributed by atoms with Crippen molar-refractivity contribution in [2.75, 3.05) is 6.61 Å². The summed E-state index contributed by atoms with van der Waals surface area (Å²) in [4.78, 5) is 11.7. The first-order valence-corrected chi connectivity index (χ1v) is 9.70. The van der Waals surface area contributed by atoms with E-state index < -0.39 is 18.1 Å². The van der Waals surface area contributed by atoms with Gasteiger partial charge in [-0.1, -0.05) is 64.3 Å². The highest BCUT2D eigenvalue weighted by Crippen LogP contribution is 2.25. The molecule has 0 aromatic heterocycles. The Bertz CT molecular complexity index is 693. The predicted molar refractivity (Wildman–Crippen MR) is 107 cm³/mol. The maximum Gasteiger partial charge on any atom is 0.346 e. The van der Waals surface area contributed by atoms with E-state index in [0.717, 1.165) is 29.9 Å². The largest absolute Gasteiger partial charge is 0.494 e. The molecule has 3 nitrogen and oxygen atoms in total. The van der Waals surface area contributed by atoms with Crippen molar-refractivity contribution in [3.05, 3.63) is 48.5 Å². The van der Waals surface area contributed by atoms with E-state index in [1.165, 1.54) is 19.3 Å². The minimum Gasteiger partial charge on any atom is -0.494 e. The number of halogens is 1. The lowest BCUT2D eigenvalue weighted by atomic mass is 10.1. The summed E-state index contributed by atoms with van der Waals surface area (Å²) in [6.45, 7) is 6.23. The molecule has 0 aliphatic heterocycles. The monoisotopic (exact) mass is 372 g/mol. The number of hydrogen-bond donors (Lipinski definition) is 0. The van der Waals surface area contributed by atoms with Gasteiger partial charge in [0.25, 0.3) is 0 Å². The zero-order chi connectivity index (χ0) is 19.6. The fourth-order valence-electron chi connectivity index (χ4n) is 2.62. The Hall–Kier alpha value is -2.36. The highest BCUT2D eigenvalue weighted by molar-refractivity contribution is 5.77. The first kappa shape index (κ1) is 20.9. The van der Waals surface area contributed by atoms with Crippen molar-refractivity contribution < 1.29 is 18.7 Å². The lowest BCUT2D eigenvalue weighted by Crippen LogP contribution is -2.26. The number of esters is 1. The van der Waals surface area contributed by atoms with Crippen LogP contribution in [0.2, 0.25) is 0 Å². The van der Waals surface area contributed by atoms with Gasteiger partial charge in [0.2, 0.25) is 0 Å². The zero-order valence-electron chi connectivity index (χ0n) is 16.4. The van der Waals surface area contributed by atoms with E-state index >= 15 is 0 Å². The second-order valence-corrected chi connectivity index (χ2v) is 7.02. The van der Waals surface area contributed by atoms with Crippen molar-refractivity contribution in [3.8, 4) is 22.6 Å². The van der Waals surface area contributed by atoms with Crippen molar-refractivity contribution in [2.45, 2.75) is 52.6 Å². The van der Waals surface area contributed by atoms with Crippen molar-refractivity contribution in [2.24, 2.45) is 5.92 Å². The minimum absolute atomic E-state index is 0.346. The standard InChI is InChI=1S/C23H29FO3/c1-4-5-6-7-16-26-20-12-8-18(9-13-20)19-10-14-21(15-11-19)27-23(25)22(24)17(2)3/h8-15,17,22H,4-7,16H2,1-3H3. The number of benzene rings is 2. The summed E-state index contributed by atoms with van der Waals surface area (Å²) < 4.78 is 24.5. The van der Waals surface area contributed by atoms with Gasteiger partial charge in [-0.2, -0.15) is 0 Å². The minimum atomic E-state index is -1.61. The summed E-state index contributed by atoms with van der Waals surface area (Å²) in [5, 5.41) is 0. The molecule has 2 aromatic rings. The molecule has 27 heavy (non-hydrogen) atoms. The SMILES string of the molecule is CCCCCCOc1ccc(-c2ccc(OC(=O)C(F)C(C)C)cc2)cc1. The second-order valence-electron chi connectivity index (χ2n) is 7.02. The van der Waals surface area contributed by atoms with Crippen LogP contribution in [0, 0.1) is 5.92 Å². The van der Waals surface area contributed by atoms with Crippen molar-refractivity contribution in [3.63, 3.8) is 0 Å². The van der Waals surface area contributed by atoms with E-state index in [2.05, 4.69) is 6.92 Å². The molecule has 0 radical (unpaired) electrons. The van der Waals surface area contributed by atoms with E-state index in [0.29, 0.717) is 5.75 Å². The summed E-state index contributed by atoms with van der Waals surface area (Å²) in [5.41, 5.74) is 2.03. The van der Waals surface area contributed by atoms with Crippen LogP contribution in [0.15, 0.2) is 48.5 Å². The van der Waals surface area contributed by atoms with E-state index in [1.807, 2.05) is 36.4 Å². The molecule has 146 valence electrons. The van der Waals surface area contributed by atoms with Crippen molar-refractivity contribution in [1.82, 2.24) is 0 Å². The molecular formula is C23H29FO3. The van der Waals surface area contributed by atoms with Crippen LogP contribution < -0.4 is 9.47 Å². The third-order valence-electron chi connectivity index (χ3n) is 4.34. The van der Waals surface area contributed by atoms with Crippen LogP contribution in [-0.2, 0) is 4.79 Å². The lowest BCUT2D eigenvalue weighted by Gasteiger charge is -2.11. The first-order valence-electron chi connectivity index (χ1n) is 9.70. The fraction of sp³-hybridized carbons (Fsp3) is 0.435. The molecule has 0 saturated heterocycles. The van der Waals surface area contributed by atoms with Crippen LogP contribution in [0.3, 0.4) is 0 Å². The molecular weight excluding hydrogens is 343 g/mol. The molecule has 0 aliphatic rings. The third kappa shape index (κ3) is 6.70. The van der Waals surface area contributed by atoms with Crippen molar-refractivity contribution >= 4 is 5.97 Å². The van der Waals surface area contributed by atoms with Crippen LogP contribution in [-0.4, -0.2) is 18.7 Å². The van der Waals surface area contributed by atoms with Crippen LogP contribution in [0.5, 0.6) is 11.5 Å². The molecule has 0 fully saturated rings. The van der Waals surface area contributed by atoms with Gasteiger partial charge in [-0.3, -0.25) is 0 Å². The summed E-state index contributed by atoms with van der Waals surface area (Å²) >= 11 is 0. The lowest BCUT2D eigenvalue weighted by molar-refractivity contribution is -0.141. The summed E-state index contributed by atoms with van der Waals surface area (Å²) in [6, 6.07) is 15.0. The quantitative estimate of drug-likeness (QED) is 0.282. The molecule has 1 atom stereocenters. The Labute approximate surface area is 161 Å². The number of ether oxygens (including phenoxy) is 2. The number of unbranched alkanes of at least 4 members (excludes halogenated alkanes) is 3. The molecule has 0 heterocycles. The zero-order valence-corrected chi connectivity index (χ0v) is 16.4. The highest BCUT2D eigenvalue weighted by atomic mass is 19.1. The molecule has 0 bridgehead atoms. The second kappa shape index (κ2) is 10.7. The average Bonchev–Trinajstić information content (AvgIpc) is 2.68. The van der Waals surface area contributed by atoms with Gasteiger partial charge >= 0.3 is 5.97 Å². The van der Waals surface area contributed by atoms with E-state index in [4.69, 9.17) is 9.47 Å². The average molecular weight is 372 g/mol. The van der Waals surface area contributed by atoms with Crippen molar-refractivity contribution in [1.29, 1.82) is 0 Å². The number of alkyl halides is 1. The molecule has 0 N–H and O–H groups in total. The van der Waals surface area contributed by atoms with Crippen LogP contribution in [0.25, 0.3) is 11.1 Å². The molecule has 0 saturated carbocycles. The molecule has 2 aromatic carbocycles. The Kier molecular flexibility index (Phi) is 8.31. The molecule has 4 heteroatoms. The Morgan fingerprint density at radius 3 is 1.96 bits per heavy atom. The molecule has 0 aliphatic carbocycles. The van der Waals surface area contributed by atoms with Gasteiger partial charge in [0.1, 0.15) is 11.5 Å². The highest BCUT2D eigenvalue weighted by Gasteiger charge is 2.23. The van der Waals surface area contributed by atoms with Gasteiger partial charge in [0, 0.05) is 0 Å². The van der Waals surface area contributed by atoms with E-state index in [1.54, 1.807) is 26.0 Å². The van der Waals surface area contributed by atoms with Crippen LogP contribution >= 0.6 is 0 Å². The molecule has 0 spiro atoms. The van der Waals surface area contributed by atoms with E-state index in [9.17, 15) is 9.18 Å². The number of carbonyl (C=O) groups excluding carboxylic acids is 1. The van der Waals surface area contributed by atoms with Gasteiger partial charge in [-0.15, -0.1) is 0 Å². The van der Waals surface area contributed by atoms with Gasteiger partial charge in [-0.05, 0) is 47.7 Å². The third-order valence-corrected chi connectivity index (χ3v) is 4.34. The summed E-state index contributed by atoms with van der Waals surface area (Å²) in [6.07, 6.45) is 3.13. The van der Waals surface area contributed by atoms with Crippen LogP contribution in [0.4, 0.5) is 4.39 Å². The summed E-state index contributed by atoms with van der Waals surface area (Å²) in [7, 11) is 0. The molecule has 0 amide bonds. The fourth-order valence-corrected chi connectivity index (χ4v) is 2.62. The smallest absolute Gasteiger partial charge is 0.346 e. The Morgan fingerprint density at radius 2 is 1.44 bits per heavy atom. The maximum atomic E-state index is 13.6. The first-order chi connectivity index (χ1) is 13.0. The maximum absolute atomic E-state index is 13.6. The van der Waals surface area contributed by atoms with Crippen LogP contribution in [0.1, 0.15) is 46.5 Å². The predicted octanol–water partition coefficient (Wildman–Crippen LogP) is 6.21. The van der Waals surface area contributed by atoms with E-state index in [-0.39, 0.29) is 0 Å². The summed E-state index contributed by atoms with van der Waals surface area (Å²) in [5.74, 6) is -0.0371. The normalized spacial score (nSPS) is 12.0. The number of hydrogen-bond acceptors (Lipinski definition) is 3. The van der Waals surface area contributed by atoms with Gasteiger partial charge in [0.15, 0.2) is 6.17 Å². The number of rotatable bonds is 10. The van der Waals surface area contributed by atoms with Gasteiger partial charge in [0.05, 0.1) is 6.61 Å². The Morgan fingerprint density at radius 1 is 0.889 bits per heavy atom. The van der Waals surface area contributed by atoms with Gasteiger partial charge < -0.3 is 9.47 Å². The number of carbonyl (C=O) groups is 1. The van der Waals surface area contributed by atoms with Gasteiger partial charge in [-0.25, -0.2) is 9.18 Å².